The first-order chi connectivity index (χ1) is 7.16. The summed E-state index contributed by atoms with van der Waals surface area (Å²) in [5.41, 5.74) is 7.83. The van der Waals surface area contributed by atoms with E-state index in [0.29, 0.717) is 0 Å². The molecule has 1 aliphatic heterocycles. The Morgan fingerprint density at radius 3 is 3.13 bits per heavy atom. The Balaban J connectivity index is 2.24. The van der Waals surface area contributed by atoms with E-state index in [0.717, 1.165) is 35.0 Å². The van der Waals surface area contributed by atoms with Crippen molar-refractivity contribution in [3.8, 4) is 0 Å². The minimum atomic E-state index is 0.755. The summed E-state index contributed by atoms with van der Waals surface area (Å²) in [5, 5.41) is 0. The molecule has 0 spiro atoms. The molecule has 1 aromatic heterocycles. The average Bonchev–Trinajstić information content (AvgIpc) is 2.22. The van der Waals surface area contributed by atoms with Crippen molar-refractivity contribution in [1.82, 2.24) is 4.98 Å². The van der Waals surface area contributed by atoms with Gasteiger partial charge in [0, 0.05) is 13.1 Å². The molecule has 1 atom stereocenters. The molecule has 2 N–H and O–H groups in total. The summed E-state index contributed by atoms with van der Waals surface area (Å²) in [7, 11) is 0. The number of halogens is 1. The van der Waals surface area contributed by atoms with Crippen LogP contribution in [0.5, 0.6) is 0 Å². The molecule has 0 aliphatic carbocycles. The fourth-order valence-corrected chi connectivity index (χ4v) is 2.43. The Morgan fingerprint density at radius 1 is 1.60 bits per heavy atom. The van der Waals surface area contributed by atoms with Gasteiger partial charge in [0.1, 0.15) is 4.60 Å². The molecular weight excluding hydrogens is 254 g/mol. The van der Waals surface area contributed by atoms with Crippen molar-refractivity contribution in [1.29, 1.82) is 0 Å². The first kappa shape index (κ1) is 10.7. The summed E-state index contributed by atoms with van der Waals surface area (Å²) in [6.45, 7) is 4.49. The first-order valence-electron chi connectivity index (χ1n) is 5.33. The van der Waals surface area contributed by atoms with E-state index in [1.807, 2.05) is 6.07 Å². The van der Waals surface area contributed by atoms with Crippen LogP contribution in [0, 0.1) is 5.92 Å². The van der Waals surface area contributed by atoms with Crippen LogP contribution in [-0.4, -0.2) is 18.1 Å². The summed E-state index contributed by atoms with van der Waals surface area (Å²) < 4.78 is 0.852. The van der Waals surface area contributed by atoms with Gasteiger partial charge in [-0.15, -0.1) is 0 Å². The molecule has 0 bridgehead atoms. The standard InChI is InChI=1S/C11H16BrN3/c1-8-3-2-4-15(7-8)10-5-11(12)14-6-9(10)13/h5-6,8H,2-4,7,13H2,1H3. The number of pyridine rings is 1. The quantitative estimate of drug-likeness (QED) is 0.798. The molecule has 0 amide bonds. The number of hydrogen-bond acceptors (Lipinski definition) is 3. The maximum atomic E-state index is 5.94. The van der Waals surface area contributed by atoms with E-state index in [9.17, 15) is 0 Å². The third kappa shape index (κ3) is 2.43. The number of aromatic nitrogens is 1. The van der Waals surface area contributed by atoms with Gasteiger partial charge >= 0.3 is 0 Å². The zero-order valence-corrected chi connectivity index (χ0v) is 10.5. The summed E-state index contributed by atoms with van der Waals surface area (Å²) in [4.78, 5) is 6.48. The molecule has 1 unspecified atom stereocenters. The van der Waals surface area contributed by atoms with E-state index in [1.165, 1.54) is 12.8 Å². The zero-order chi connectivity index (χ0) is 10.8. The smallest absolute Gasteiger partial charge is 0.108 e. The SMILES string of the molecule is CC1CCCN(c2cc(Br)ncc2N)C1. The van der Waals surface area contributed by atoms with Gasteiger partial charge in [-0.2, -0.15) is 0 Å². The normalized spacial score (nSPS) is 21.7. The van der Waals surface area contributed by atoms with Crippen LogP contribution in [0.2, 0.25) is 0 Å². The highest BCUT2D eigenvalue weighted by atomic mass is 79.9. The van der Waals surface area contributed by atoms with E-state index >= 15 is 0 Å². The van der Waals surface area contributed by atoms with E-state index < -0.39 is 0 Å². The van der Waals surface area contributed by atoms with Gasteiger partial charge in [-0.25, -0.2) is 4.98 Å². The molecule has 1 saturated heterocycles. The van der Waals surface area contributed by atoms with Crippen LogP contribution in [0.15, 0.2) is 16.9 Å². The van der Waals surface area contributed by atoms with Gasteiger partial charge in [-0.05, 0) is 40.8 Å². The lowest BCUT2D eigenvalue weighted by Gasteiger charge is -2.33. The van der Waals surface area contributed by atoms with Gasteiger partial charge in [0.2, 0.25) is 0 Å². The van der Waals surface area contributed by atoms with Crippen LogP contribution in [0.3, 0.4) is 0 Å². The lowest BCUT2D eigenvalue weighted by Crippen LogP contribution is -2.34. The van der Waals surface area contributed by atoms with Crippen LogP contribution in [0.25, 0.3) is 0 Å². The summed E-state index contributed by atoms with van der Waals surface area (Å²) in [6, 6.07) is 2.01. The van der Waals surface area contributed by atoms with E-state index in [1.54, 1.807) is 6.20 Å². The van der Waals surface area contributed by atoms with Gasteiger partial charge < -0.3 is 10.6 Å². The molecule has 1 fully saturated rings. The third-order valence-corrected chi connectivity index (χ3v) is 3.31. The Hall–Kier alpha value is -0.770. The van der Waals surface area contributed by atoms with E-state index in [4.69, 9.17) is 5.73 Å². The van der Waals surface area contributed by atoms with Crippen molar-refractivity contribution in [2.24, 2.45) is 5.92 Å². The Labute approximate surface area is 98.8 Å². The molecule has 3 nitrogen and oxygen atoms in total. The lowest BCUT2D eigenvalue weighted by molar-refractivity contribution is 0.447. The maximum Gasteiger partial charge on any atom is 0.108 e. The monoisotopic (exact) mass is 269 g/mol. The molecule has 0 aromatic carbocycles. The fourth-order valence-electron chi connectivity index (χ4n) is 2.11. The van der Waals surface area contributed by atoms with Crippen LogP contribution < -0.4 is 10.6 Å². The van der Waals surface area contributed by atoms with Crippen LogP contribution >= 0.6 is 15.9 Å². The highest BCUT2D eigenvalue weighted by molar-refractivity contribution is 9.10. The van der Waals surface area contributed by atoms with E-state index in [-0.39, 0.29) is 0 Å². The lowest BCUT2D eigenvalue weighted by atomic mass is 10.00. The second kappa shape index (κ2) is 4.39. The Morgan fingerprint density at radius 2 is 2.40 bits per heavy atom. The zero-order valence-electron chi connectivity index (χ0n) is 8.91. The molecule has 2 heterocycles. The Kier molecular flexibility index (Phi) is 3.14. The van der Waals surface area contributed by atoms with Gasteiger partial charge in [0.15, 0.2) is 0 Å². The summed E-state index contributed by atoms with van der Waals surface area (Å²) in [6.07, 6.45) is 4.29. The maximum absolute atomic E-state index is 5.94. The average molecular weight is 270 g/mol. The number of hydrogen-bond donors (Lipinski definition) is 1. The van der Waals surface area contributed by atoms with Gasteiger partial charge in [0.05, 0.1) is 17.6 Å². The summed E-state index contributed by atoms with van der Waals surface area (Å²) >= 11 is 3.38. The highest BCUT2D eigenvalue weighted by Gasteiger charge is 2.18. The molecule has 0 saturated carbocycles. The Bertz CT molecular complexity index is 354. The van der Waals surface area contributed by atoms with Crippen molar-refractivity contribution in [3.05, 3.63) is 16.9 Å². The number of rotatable bonds is 1. The molecule has 15 heavy (non-hydrogen) atoms. The highest BCUT2D eigenvalue weighted by Crippen LogP contribution is 2.29. The molecule has 4 heteroatoms. The number of anilines is 2. The van der Waals surface area contributed by atoms with E-state index in [2.05, 4.69) is 32.7 Å². The second-order valence-electron chi connectivity index (χ2n) is 4.26. The second-order valence-corrected chi connectivity index (χ2v) is 5.07. The topological polar surface area (TPSA) is 42.2 Å². The predicted octanol–water partition coefficient (Wildman–Crippen LogP) is 2.66. The van der Waals surface area contributed by atoms with Crippen LogP contribution in [0.1, 0.15) is 19.8 Å². The van der Waals surface area contributed by atoms with Crippen molar-refractivity contribution >= 4 is 27.3 Å². The van der Waals surface area contributed by atoms with Crippen LogP contribution in [0.4, 0.5) is 11.4 Å². The molecule has 1 aliphatic rings. The third-order valence-electron chi connectivity index (χ3n) is 2.88. The van der Waals surface area contributed by atoms with Gasteiger partial charge in [-0.1, -0.05) is 6.92 Å². The molecule has 0 radical (unpaired) electrons. The molecule has 82 valence electrons. The van der Waals surface area contributed by atoms with Gasteiger partial charge in [-0.3, -0.25) is 0 Å². The number of nitrogen functional groups attached to an aromatic ring is 1. The van der Waals surface area contributed by atoms with Crippen molar-refractivity contribution in [2.45, 2.75) is 19.8 Å². The molecule has 1 aromatic rings. The minimum absolute atomic E-state index is 0.755. The van der Waals surface area contributed by atoms with Crippen LogP contribution in [-0.2, 0) is 0 Å². The van der Waals surface area contributed by atoms with Gasteiger partial charge in [0.25, 0.3) is 0 Å². The first-order valence-corrected chi connectivity index (χ1v) is 6.12. The largest absolute Gasteiger partial charge is 0.396 e. The number of nitrogens with two attached hydrogens (primary N) is 1. The molecular formula is C11H16BrN3. The number of nitrogens with zero attached hydrogens (tertiary/aromatic N) is 2. The summed E-state index contributed by atoms with van der Waals surface area (Å²) in [5.74, 6) is 0.755. The fraction of sp³-hybridized carbons (Fsp3) is 0.545. The van der Waals surface area contributed by atoms with Crippen molar-refractivity contribution < 1.29 is 0 Å². The minimum Gasteiger partial charge on any atom is -0.396 e. The molecule has 2 rings (SSSR count). The van der Waals surface area contributed by atoms with Crippen molar-refractivity contribution in [3.63, 3.8) is 0 Å². The number of piperidine rings is 1. The predicted molar refractivity (Wildman–Crippen MR) is 67.0 cm³/mol. The van der Waals surface area contributed by atoms with Crippen molar-refractivity contribution in [2.75, 3.05) is 23.7 Å².